The molecular weight excluding hydrogens is 252 g/mol. The standard InChI is InChI=1S/C12H18N2O5/c15-10(5-6-11(16)17)14-12(18)13-7-8-19-9-3-1-2-4-9/h5-6,9H,1-4,7-8H2,(H,16,17)(H2,13,14,15,18)/b6-5+. The van der Waals surface area contributed by atoms with Gasteiger partial charge in [0.25, 0.3) is 5.91 Å². The molecule has 1 saturated carbocycles. The molecule has 0 unspecified atom stereocenters. The van der Waals surface area contributed by atoms with Gasteiger partial charge in [0, 0.05) is 18.7 Å². The Morgan fingerprint density at radius 1 is 1.21 bits per heavy atom. The van der Waals surface area contributed by atoms with Crippen molar-refractivity contribution in [3.05, 3.63) is 12.2 Å². The number of carboxylic acid groups (broad SMARTS) is 1. The van der Waals surface area contributed by atoms with E-state index in [9.17, 15) is 14.4 Å². The Morgan fingerprint density at radius 2 is 1.89 bits per heavy atom. The van der Waals surface area contributed by atoms with Gasteiger partial charge in [0.15, 0.2) is 0 Å². The minimum Gasteiger partial charge on any atom is -0.478 e. The first-order valence-corrected chi connectivity index (χ1v) is 6.19. The van der Waals surface area contributed by atoms with E-state index in [1.165, 1.54) is 12.8 Å². The fraction of sp³-hybridized carbons (Fsp3) is 0.583. The minimum atomic E-state index is -1.25. The highest BCUT2D eigenvalue weighted by Gasteiger charge is 2.14. The van der Waals surface area contributed by atoms with Gasteiger partial charge in [-0.2, -0.15) is 0 Å². The molecule has 7 heteroatoms. The van der Waals surface area contributed by atoms with E-state index in [0.29, 0.717) is 19.2 Å². The van der Waals surface area contributed by atoms with Crippen molar-refractivity contribution in [3.63, 3.8) is 0 Å². The van der Waals surface area contributed by atoms with Crippen molar-refractivity contribution in [1.29, 1.82) is 0 Å². The molecule has 1 aliphatic carbocycles. The van der Waals surface area contributed by atoms with Crippen molar-refractivity contribution in [2.24, 2.45) is 0 Å². The average Bonchev–Trinajstić information content (AvgIpc) is 2.85. The van der Waals surface area contributed by atoms with E-state index in [1.54, 1.807) is 0 Å². The number of ether oxygens (including phenoxy) is 1. The molecule has 1 fully saturated rings. The molecule has 0 aliphatic heterocycles. The highest BCUT2D eigenvalue weighted by Crippen LogP contribution is 2.20. The van der Waals surface area contributed by atoms with E-state index in [4.69, 9.17) is 9.84 Å². The Labute approximate surface area is 111 Å². The third-order valence-electron chi connectivity index (χ3n) is 2.66. The average molecular weight is 270 g/mol. The summed E-state index contributed by atoms with van der Waals surface area (Å²) in [6, 6.07) is -0.671. The smallest absolute Gasteiger partial charge is 0.328 e. The number of nitrogens with one attached hydrogen (secondary N) is 2. The van der Waals surface area contributed by atoms with Gasteiger partial charge in [0.05, 0.1) is 12.7 Å². The fourth-order valence-corrected chi connectivity index (χ4v) is 1.79. The lowest BCUT2D eigenvalue weighted by molar-refractivity contribution is -0.131. The van der Waals surface area contributed by atoms with Gasteiger partial charge in [0.2, 0.25) is 0 Å². The Hall–Kier alpha value is -1.89. The molecule has 0 saturated heterocycles. The van der Waals surface area contributed by atoms with E-state index in [-0.39, 0.29) is 6.10 Å². The zero-order chi connectivity index (χ0) is 14.1. The number of rotatable bonds is 6. The van der Waals surface area contributed by atoms with Crippen molar-refractivity contribution in [2.45, 2.75) is 31.8 Å². The van der Waals surface area contributed by atoms with Crippen molar-refractivity contribution < 1.29 is 24.2 Å². The summed E-state index contributed by atoms with van der Waals surface area (Å²) >= 11 is 0. The number of urea groups is 1. The van der Waals surface area contributed by atoms with Crippen LogP contribution in [0.4, 0.5) is 4.79 Å². The second-order valence-corrected chi connectivity index (χ2v) is 4.19. The van der Waals surface area contributed by atoms with Gasteiger partial charge in [-0.1, -0.05) is 12.8 Å². The van der Waals surface area contributed by atoms with Crippen LogP contribution in [0.3, 0.4) is 0 Å². The number of carboxylic acids is 1. The van der Waals surface area contributed by atoms with Crippen LogP contribution in [-0.4, -0.2) is 42.3 Å². The molecule has 3 amide bonds. The van der Waals surface area contributed by atoms with E-state index >= 15 is 0 Å². The molecule has 3 N–H and O–H groups in total. The summed E-state index contributed by atoms with van der Waals surface area (Å²) in [7, 11) is 0. The van der Waals surface area contributed by atoms with Crippen molar-refractivity contribution in [2.75, 3.05) is 13.2 Å². The van der Waals surface area contributed by atoms with Gasteiger partial charge in [-0.15, -0.1) is 0 Å². The fourth-order valence-electron chi connectivity index (χ4n) is 1.79. The Morgan fingerprint density at radius 3 is 2.53 bits per heavy atom. The maximum Gasteiger partial charge on any atom is 0.328 e. The maximum absolute atomic E-state index is 11.2. The molecule has 106 valence electrons. The van der Waals surface area contributed by atoms with Crippen LogP contribution in [0.2, 0.25) is 0 Å². The number of carbonyl (C=O) groups is 3. The molecule has 0 radical (unpaired) electrons. The highest BCUT2D eigenvalue weighted by atomic mass is 16.5. The first kappa shape index (κ1) is 15.2. The van der Waals surface area contributed by atoms with E-state index in [1.807, 2.05) is 5.32 Å². The normalized spacial score (nSPS) is 15.6. The number of amides is 3. The molecule has 1 rings (SSSR count). The molecule has 0 atom stereocenters. The predicted molar refractivity (Wildman–Crippen MR) is 66.5 cm³/mol. The second kappa shape index (κ2) is 8.25. The van der Waals surface area contributed by atoms with Crippen LogP contribution in [0.25, 0.3) is 0 Å². The molecule has 0 aromatic rings. The van der Waals surface area contributed by atoms with Crippen molar-refractivity contribution in [1.82, 2.24) is 10.6 Å². The minimum absolute atomic E-state index is 0.282. The largest absolute Gasteiger partial charge is 0.478 e. The van der Waals surface area contributed by atoms with Crippen LogP contribution in [0, 0.1) is 0 Å². The molecule has 0 heterocycles. The summed E-state index contributed by atoms with van der Waals surface area (Å²) < 4.78 is 5.52. The third kappa shape index (κ3) is 7.20. The molecular formula is C12H18N2O5. The Balaban J connectivity index is 2.06. The number of hydrogen-bond acceptors (Lipinski definition) is 4. The molecule has 0 spiro atoms. The van der Waals surface area contributed by atoms with Gasteiger partial charge < -0.3 is 15.2 Å². The monoisotopic (exact) mass is 270 g/mol. The van der Waals surface area contributed by atoms with Crippen LogP contribution in [0.5, 0.6) is 0 Å². The van der Waals surface area contributed by atoms with Gasteiger partial charge in [-0.3, -0.25) is 10.1 Å². The molecule has 0 aromatic heterocycles. The molecule has 19 heavy (non-hydrogen) atoms. The van der Waals surface area contributed by atoms with Crippen LogP contribution in [0.1, 0.15) is 25.7 Å². The third-order valence-corrected chi connectivity index (χ3v) is 2.66. The lowest BCUT2D eigenvalue weighted by atomic mass is 10.3. The summed E-state index contributed by atoms with van der Waals surface area (Å²) in [6.07, 6.45) is 6.20. The van der Waals surface area contributed by atoms with Gasteiger partial charge in [0.1, 0.15) is 0 Å². The highest BCUT2D eigenvalue weighted by molar-refractivity contribution is 6.02. The topological polar surface area (TPSA) is 105 Å². The lowest BCUT2D eigenvalue weighted by Crippen LogP contribution is -2.40. The number of aliphatic carboxylic acids is 1. The van der Waals surface area contributed by atoms with Crippen LogP contribution in [0.15, 0.2) is 12.2 Å². The SMILES string of the molecule is O=C(O)/C=C/C(=O)NC(=O)NCCOC1CCCC1. The zero-order valence-electron chi connectivity index (χ0n) is 10.6. The summed E-state index contributed by atoms with van der Waals surface area (Å²) in [5.41, 5.74) is 0. The van der Waals surface area contributed by atoms with Gasteiger partial charge in [-0.25, -0.2) is 9.59 Å². The van der Waals surface area contributed by atoms with E-state index < -0.39 is 17.9 Å². The zero-order valence-corrected chi connectivity index (χ0v) is 10.6. The summed E-state index contributed by atoms with van der Waals surface area (Å²) in [4.78, 5) is 32.4. The van der Waals surface area contributed by atoms with Gasteiger partial charge in [-0.05, 0) is 12.8 Å². The van der Waals surface area contributed by atoms with E-state index in [0.717, 1.165) is 18.9 Å². The van der Waals surface area contributed by atoms with Crippen LogP contribution >= 0.6 is 0 Å². The van der Waals surface area contributed by atoms with Crippen LogP contribution in [-0.2, 0) is 14.3 Å². The Bertz CT molecular complexity index is 361. The summed E-state index contributed by atoms with van der Waals surface area (Å²) in [5.74, 6) is -2.03. The van der Waals surface area contributed by atoms with Crippen LogP contribution < -0.4 is 10.6 Å². The second-order valence-electron chi connectivity index (χ2n) is 4.19. The lowest BCUT2D eigenvalue weighted by Gasteiger charge is -2.11. The maximum atomic E-state index is 11.2. The number of carbonyl (C=O) groups excluding carboxylic acids is 2. The first-order valence-electron chi connectivity index (χ1n) is 6.19. The molecule has 1 aliphatic rings. The number of imide groups is 1. The summed E-state index contributed by atoms with van der Waals surface area (Å²) in [6.45, 7) is 0.704. The van der Waals surface area contributed by atoms with Crippen molar-refractivity contribution in [3.8, 4) is 0 Å². The van der Waals surface area contributed by atoms with Gasteiger partial charge >= 0.3 is 12.0 Å². The Kier molecular flexibility index (Phi) is 6.59. The molecule has 7 nitrogen and oxygen atoms in total. The molecule has 0 bridgehead atoms. The number of hydrogen-bond donors (Lipinski definition) is 3. The summed E-state index contributed by atoms with van der Waals surface area (Å²) in [5, 5.41) is 12.7. The van der Waals surface area contributed by atoms with Crippen molar-refractivity contribution >= 4 is 17.9 Å². The quantitative estimate of drug-likeness (QED) is 0.479. The predicted octanol–water partition coefficient (Wildman–Crippen LogP) is 0.412. The van der Waals surface area contributed by atoms with E-state index in [2.05, 4.69) is 5.32 Å². The first-order chi connectivity index (χ1) is 9.08. The molecule has 0 aromatic carbocycles.